The lowest BCUT2D eigenvalue weighted by molar-refractivity contribution is -0.155. The number of Topliss-reactive ketones (excluding diaryl/α,β-unsaturated/α-hetero) is 1. The lowest BCUT2D eigenvalue weighted by Crippen LogP contribution is -2.24. The largest absolute Gasteiger partial charge is 0.481 e. The van der Waals surface area contributed by atoms with E-state index in [-0.39, 0.29) is 18.6 Å². The number of hydrogen-bond acceptors (Lipinski definition) is 4. The molecule has 0 aromatic rings. The normalized spacial score (nSPS) is 12.2. The summed E-state index contributed by atoms with van der Waals surface area (Å²) in [6.07, 6.45) is 19.5. The minimum atomic E-state index is -1.05. The monoisotopic (exact) mass is 410 g/mol. The summed E-state index contributed by atoms with van der Waals surface area (Å²) in [4.78, 5) is 33.8. The second-order valence-electron chi connectivity index (χ2n) is 7.83. The fourth-order valence-electron chi connectivity index (χ4n) is 3.10. The highest BCUT2D eigenvalue weighted by molar-refractivity contribution is 5.85. The van der Waals surface area contributed by atoms with Crippen LogP contribution in [0.5, 0.6) is 0 Å². The minimum absolute atomic E-state index is 0.0914. The molecule has 1 N–H and O–H groups in total. The van der Waals surface area contributed by atoms with Crippen LogP contribution in [0.3, 0.4) is 0 Å². The van der Waals surface area contributed by atoms with Crippen LogP contribution in [0.1, 0.15) is 117 Å². The zero-order valence-electron chi connectivity index (χ0n) is 18.6. The highest BCUT2D eigenvalue weighted by Gasteiger charge is 2.17. The van der Waals surface area contributed by atoms with Crippen molar-refractivity contribution in [1.82, 2.24) is 0 Å². The molecule has 0 aliphatic heterocycles. The molecule has 0 bridgehead atoms. The molecule has 0 radical (unpaired) electrons. The molecule has 0 amide bonds. The van der Waals surface area contributed by atoms with Crippen molar-refractivity contribution in [2.24, 2.45) is 0 Å². The summed E-state index contributed by atoms with van der Waals surface area (Å²) in [7, 11) is 0. The van der Waals surface area contributed by atoms with Crippen LogP contribution in [0.2, 0.25) is 0 Å². The van der Waals surface area contributed by atoms with Gasteiger partial charge in [-0.1, -0.05) is 70.4 Å². The average molecular weight is 411 g/mol. The number of hydrogen-bond donors (Lipinski definition) is 1. The van der Waals surface area contributed by atoms with Crippen molar-refractivity contribution in [3.63, 3.8) is 0 Å². The van der Waals surface area contributed by atoms with Crippen LogP contribution in [0.25, 0.3) is 0 Å². The lowest BCUT2D eigenvalue weighted by atomic mass is 10.1. The van der Waals surface area contributed by atoms with Crippen LogP contribution in [0.15, 0.2) is 12.2 Å². The predicted molar refractivity (Wildman–Crippen MR) is 117 cm³/mol. The Kier molecular flexibility index (Phi) is 18.5. The van der Waals surface area contributed by atoms with Gasteiger partial charge in [0.2, 0.25) is 0 Å². The van der Waals surface area contributed by atoms with Crippen molar-refractivity contribution in [2.45, 2.75) is 123 Å². The summed E-state index contributed by atoms with van der Waals surface area (Å²) in [6.45, 7) is 3.80. The molecule has 0 aromatic heterocycles. The van der Waals surface area contributed by atoms with Crippen LogP contribution >= 0.6 is 0 Å². The van der Waals surface area contributed by atoms with Crippen LogP contribution in [0, 0.1) is 0 Å². The van der Waals surface area contributed by atoms with Gasteiger partial charge >= 0.3 is 11.9 Å². The van der Waals surface area contributed by atoms with Crippen molar-refractivity contribution in [3.8, 4) is 0 Å². The Hall–Kier alpha value is -1.65. The van der Waals surface area contributed by atoms with Crippen LogP contribution in [-0.2, 0) is 19.1 Å². The molecule has 1 unspecified atom stereocenters. The molecule has 0 aliphatic carbocycles. The number of unbranched alkanes of at least 4 members (excludes halogenated alkanes) is 11. The van der Waals surface area contributed by atoms with Gasteiger partial charge in [-0.15, -0.1) is 0 Å². The molecule has 0 fully saturated rings. The van der Waals surface area contributed by atoms with Gasteiger partial charge in [-0.25, -0.2) is 0 Å². The Morgan fingerprint density at radius 3 is 1.83 bits per heavy atom. The van der Waals surface area contributed by atoms with E-state index in [1.54, 1.807) is 6.92 Å². The zero-order chi connectivity index (χ0) is 21.7. The van der Waals surface area contributed by atoms with Gasteiger partial charge in [0.05, 0.1) is 12.8 Å². The van der Waals surface area contributed by atoms with Crippen molar-refractivity contribution in [1.29, 1.82) is 0 Å². The summed E-state index contributed by atoms with van der Waals surface area (Å²) in [6, 6.07) is 0. The highest BCUT2D eigenvalue weighted by Crippen LogP contribution is 2.11. The number of aliphatic carboxylic acids is 1. The molecule has 29 heavy (non-hydrogen) atoms. The maximum atomic E-state index is 11.9. The predicted octanol–water partition coefficient (Wildman–Crippen LogP) is 6.39. The first-order valence-corrected chi connectivity index (χ1v) is 11.6. The molecule has 0 saturated carbocycles. The van der Waals surface area contributed by atoms with Crippen LogP contribution < -0.4 is 0 Å². The Morgan fingerprint density at radius 2 is 1.28 bits per heavy atom. The van der Waals surface area contributed by atoms with E-state index in [0.29, 0.717) is 6.42 Å². The van der Waals surface area contributed by atoms with E-state index in [1.165, 1.54) is 57.8 Å². The molecule has 0 saturated heterocycles. The number of carboxylic acids is 1. The van der Waals surface area contributed by atoms with E-state index in [4.69, 9.17) is 9.84 Å². The van der Waals surface area contributed by atoms with Crippen molar-refractivity contribution in [3.05, 3.63) is 12.2 Å². The molecular formula is C24H42O5. The molecule has 5 nitrogen and oxygen atoms in total. The summed E-state index contributed by atoms with van der Waals surface area (Å²) in [5.74, 6) is -1.77. The first-order valence-electron chi connectivity index (χ1n) is 11.6. The number of esters is 1. The van der Waals surface area contributed by atoms with Gasteiger partial charge in [0.25, 0.3) is 0 Å². The molecule has 0 rings (SSSR count). The van der Waals surface area contributed by atoms with Crippen molar-refractivity contribution >= 4 is 17.7 Å². The Bertz CT molecular complexity index is 470. The quantitative estimate of drug-likeness (QED) is 0.143. The number of ether oxygens (including phenoxy) is 1. The van der Waals surface area contributed by atoms with Gasteiger partial charge in [-0.05, 0) is 39.0 Å². The molecule has 0 spiro atoms. The zero-order valence-corrected chi connectivity index (χ0v) is 18.6. The number of carbonyl (C=O) groups excluding carboxylic acids is 2. The summed E-state index contributed by atoms with van der Waals surface area (Å²) < 4.78 is 4.98. The lowest BCUT2D eigenvalue weighted by Gasteiger charge is -2.11. The Morgan fingerprint density at radius 1 is 0.759 bits per heavy atom. The van der Waals surface area contributed by atoms with Crippen LogP contribution in [0.4, 0.5) is 0 Å². The topological polar surface area (TPSA) is 80.7 Å². The first-order chi connectivity index (χ1) is 14.0. The second kappa shape index (κ2) is 19.7. The van der Waals surface area contributed by atoms with Gasteiger partial charge in [0, 0.05) is 6.42 Å². The van der Waals surface area contributed by atoms with Crippen molar-refractivity contribution < 1.29 is 24.2 Å². The molecule has 0 aromatic carbocycles. The molecule has 168 valence electrons. The van der Waals surface area contributed by atoms with Crippen LogP contribution in [-0.4, -0.2) is 28.9 Å². The molecule has 0 aliphatic rings. The average Bonchev–Trinajstić information content (AvgIpc) is 2.69. The third-order valence-corrected chi connectivity index (χ3v) is 4.99. The molecule has 1 atom stereocenters. The van der Waals surface area contributed by atoms with E-state index in [0.717, 1.165) is 25.7 Å². The smallest absolute Gasteiger partial charge is 0.307 e. The fraction of sp³-hybridized carbons (Fsp3) is 0.792. The van der Waals surface area contributed by atoms with Gasteiger partial charge in [0.15, 0.2) is 11.9 Å². The molecule has 0 heterocycles. The van der Waals surface area contributed by atoms with Gasteiger partial charge in [-0.2, -0.15) is 0 Å². The second-order valence-corrected chi connectivity index (χ2v) is 7.83. The van der Waals surface area contributed by atoms with Gasteiger partial charge < -0.3 is 9.84 Å². The van der Waals surface area contributed by atoms with E-state index in [9.17, 15) is 14.4 Å². The third kappa shape index (κ3) is 19.4. The summed E-state index contributed by atoms with van der Waals surface area (Å²) in [5, 5.41) is 8.53. The van der Waals surface area contributed by atoms with E-state index in [1.807, 2.05) is 0 Å². The first kappa shape index (κ1) is 27.4. The number of ketones is 1. The molecule has 5 heteroatoms. The summed E-state index contributed by atoms with van der Waals surface area (Å²) in [5.41, 5.74) is 0. The van der Waals surface area contributed by atoms with Gasteiger partial charge in [-0.3, -0.25) is 14.4 Å². The molecular weight excluding hydrogens is 368 g/mol. The fourth-order valence-corrected chi connectivity index (χ4v) is 3.10. The number of rotatable bonds is 20. The summed E-state index contributed by atoms with van der Waals surface area (Å²) >= 11 is 0. The Balaban J connectivity index is 3.48. The van der Waals surface area contributed by atoms with Gasteiger partial charge in [0.1, 0.15) is 0 Å². The van der Waals surface area contributed by atoms with E-state index in [2.05, 4.69) is 19.1 Å². The number of carboxylic acid groups (broad SMARTS) is 1. The maximum absolute atomic E-state index is 11.9. The SMILES string of the molecule is CCCCCCCC/C=C\CCCCCCCC(=O)C(C)OC(=O)CCC(=O)O. The number of allylic oxidation sites excluding steroid dienone is 2. The number of carbonyl (C=O) groups is 3. The minimum Gasteiger partial charge on any atom is -0.481 e. The Labute approximate surface area is 177 Å². The standard InChI is InChI=1S/C24H42O5/c1-3-4-5-6-7-8-9-10-11-12-13-14-15-16-17-18-22(25)21(2)29-24(28)20-19-23(26)27/h10-11,21H,3-9,12-20H2,1-2H3,(H,26,27)/b11-10-. The van der Waals surface area contributed by atoms with Crippen molar-refractivity contribution in [2.75, 3.05) is 0 Å². The van der Waals surface area contributed by atoms with E-state index >= 15 is 0 Å². The third-order valence-electron chi connectivity index (χ3n) is 4.99. The highest BCUT2D eigenvalue weighted by atomic mass is 16.5. The van der Waals surface area contributed by atoms with E-state index < -0.39 is 18.0 Å². The maximum Gasteiger partial charge on any atom is 0.307 e.